The summed E-state index contributed by atoms with van der Waals surface area (Å²) < 4.78 is 9.85. The van der Waals surface area contributed by atoms with E-state index < -0.39 is 0 Å². The van der Waals surface area contributed by atoms with Gasteiger partial charge in [-0.2, -0.15) is 0 Å². The fraction of sp³-hybridized carbons (Fsp3) is 0.364. The fourth-order valence-electron chi connectivity index (χ4n) is 1.06. The van der Waals surface area contributed by atoms with Crippen LogP contribution in [0.1, 0.15) is 6.92 Å². The fourth-order valence-corrected chi connectivity index (χ4v) is 2.12. The SMILES string of the molecule is CCOC(=O)CSc1ccc(OC)cc1Cl. The summed E-state index contributed by atoms with van der Waals surface area (Å²) in [5.74, 6) is 0.727. The van der Waals surface area contributed by atoms with E-state index in [1.807, 2.05) is 6.07 Å². The van der Waals surface area contributed by atoms with Crippen LogP contribution in [0.5, 0.6) is 5.75 Å². The second-order valence-electron chi connectivity index (χ2n) is 2.89. The van der Waals surface area contributed by atoms with E-state index in [0.717, 1.165) is 4.90 Å². The molecule has 0 aliphatic heterocycles. The average molecular weight is 261 g/mol. The minimum Gasteiger partial charge on any atom is -0.497 e. The number of hydrogen-bond donors (Lipinski definition) is 0. The number of rotatable bonds is 5. The zero-order valence-electron chi connectivity index (χ0n) is 9.16. The quantitative estimate of drug-likeness (QED) is 0.602. The Hall–Kier alpha value is -0.870. The number of benzene rings is 1. The first kappa shape index (κ1) is 13.2. The van der Waals surface area contributed by atoms with Crippen molar-refractivity contribution >= 4 is 29.3 Å². The summed E-state index contributed by atoms with van der Waals surface area (Å²) in [6.45, 7) is 2.18. The molecule has 0 unspecified atom stereocenters. The van der Waals surface area contributed by atoms with Crippen molar-refractivity contribution in [3.8, 4) is 5.75 Å². The molecule has 0 N–H and O–H groups in total. The summed E-state index contributed by atoms with van der Waals surface area (Å²) >= 11 is 7.37. The van der Waals surface area contributed by atoms with E-state index in [1.54, 1.807) is 26.2 Å². The predicted molar refractivity (Wildman–Crippen MR) is 65.4 cm³/mol. The summed E-state index contributed by atoms with van der Waals surface area (Å²) in [7, 11) is 1.58. The summed E-state index contributed by atoms with van der Waals surface area (Å²) in [6, 6.07) is 5.35. The second-order valence-corrected chi connectivity index (χ2v) is 4.31. The summed E-state index contributed by atoms with van der Waals surface area (Å²) in [5, 5.41) is 0.577. The Balaban J connectivity index is 2.57. The van der Waals surface area contributed by atoms with Crippen molar-refractivity contribution in [1.82, 2.24) is 0 Å². The molecule has 0 saturated heterocycles. The largest absolute Gasteiger partial charge is 0.497 e. The molecule has 0 saturated carbocycles. The molecule has 0 radical (unpaired) electrons. The summed E-state index contributed by atoms with van der Waals surface area (Å²) in [5.41, 5.74) is 0. The lowest BCUT2D eigenvalue weighted by atomic mass is 10.3. The zero-order chi connectivity index (χ0) is 12.0. The Morgan fingerprint density at radius 3 is 2.81 bits per heavy atom. The van der Waals surface area contributed by atoms with E-state index in [2.05, 4.69) is 0 Å². The average Bonchev–Trinajstić information content (AvgIpc) is 2.27. The lowest BCUT2D eigenvalue weighted by molar-refractivity contribution is -0.139. The highest BCUT2D eigenvalue weighted by Crippen LogP contribution is 2.30. The van der Waals surface area contributed by atoms with Crippen LogP contribution in [0.15, 0.2) is 23.1 Å². The van der Waals surface area contributed by atoms with Gasteiger partial charge in [0.05, 0.1) is 24.5 Å². The third-order valence-electron chi connectivity index (χ3n) is 1.79. The molecule has 0 amide bonds. The van der Waals surface area contributed by atoms with Gasteiger partial charge in [-0.05, 0) is 25.1 Å². The number of esters is 1. The van der Waals surface area contributed by atoms with Gasteiger partial charge in [0.2, 0.25) is 0 Å². The number of methoxy groups -OCH3 is 1. The van der Waals surface area contributed by atoms with Crippen LogP contribution in [0.25, 0.3) is 0 Å². The third-order valence-corrected chi connectivity index (χ3v) is 3.26. The van der Waals surface area contributed by atoms with E-state index in [1.165, 1.54) is 11.8 Å². The van der Waals surface area contributed by atoms with Gasteiger partial charge in [-0.3, -0.25) is 4.79 Å². The van der Waals surface area contributed by atoms with Gasteiger partial charge in [-0.1, -0.05) is 11.6 Å². The van der Waals surface area contributed by atoms with Crippen LogP contribution in [0, 0.1) is 0 Å². The first-order valence-corrected chi connectivity index (χ1v) is 6.15. The minimum absolute atomic E-state index is 0.237. The van der Waals surface area contributed by atoms with Gasteiger partial charge in [0.1, 0.15) is 5.75 Å². The molecule has 88 valence electrons. The second kappa shape index (κ2) is 6.66. The smallest absolute Gasteiger partial charge is 0.316 e. The van der Waals surface area contributed by atoms with E-state index in [-0.39, 0.29) is 11.7 Å². The van der Waals surface area contributed by atoms with Crippen molar-refractivity contribution in [3.05, 3.63) is 23.2 Å². The molecule has 16 heavy (non-hydrogen) atoms. The van der Waals surface area contributed by atoms with Crippen molar-refractivity contribution in [3.63, 3.8) is 0 Å². The predicted octanol–water partition coefficient (Wildman–Crippen LogP) is 3.00. The Bertz CT molecular complexity index is 368. The molecule has 3 nitrogen and oxygen atoms in total. The molecule has 1 aromatic carbocycles. The molecule has 0 atom stereocenters. The Morgan fingerprint density at radius 1 is 1.50 bits per heavy atom. The lowest BCUT2D eigenvalue weighted by Gasteiger charge is -2.06. The van der Waals surface area contributed by atoms with Crippen LogP contribution < -0.4 is 4.74 Å². The molecule has 0 aliphatic rings. The van der Waals surface area contributed by atoms with Crippen molar-refractivity contribution in [2.75, 3.05) is 19.5 Å². The molecule has 1 aromatic rings. The van der Waals surface area contributed by atoms with E-state index in [9.17, 15) is 4.79 Å². The molecule has 0 spiro atoms. The van der Waals surface area contributed by atoms with Gasteiger partial charge in [-0.15, -0.1) is 11.8 Å². The summed E-state index contributed by atoms with van der Waals surface area (Å²) in [6.07, 6.45) is 0. The van der Waals surface area contributed by atoms with E-state index in [0.29, 0.717) is 17.4 Å². The number of halogens is 1. The molecule has 0 bridgehead atoms. The van der Waals surface area contributed by atoms with Crippen molar-refractivity contribution in [2.24, 2.45) is 0 Å². The maximum Gasteiger partial charge on any atom is 0.316 e. The lowest BCUT2D eigenvalue weighted by Crippen LogP contribution is -2.06. The Labute approximate surface area is 104 Å². The van der Waals surface area contributed by atoms with Gasteiger partial charge in [0, 0.05) is 4.90 Å². The molecule has 0 fully saturated rings. The number of carbonyl (C=O) groups is 1. The van der Waals surface area contributed by atoms with Crippen molar-refractivity contribution < 1.29 is 14.3 Å². The highest BCUT2D eigenvalue weighted by molar-refractivity contribution is 8.00. The molecule has 0 aromatic heterocycles. The molecule has 0 heterocycles. The van der Waals surface area contributed by atoms with E-state index >= 15 is 0 Å². The van der Waals surface area contributed by atoms with Crippen LogP contribution in [-0.4, -0.2) is 25.4 Å². The van der Waals surface area contributed by atoms with Crippen LogP contribution in [0.2, 0.25) is 5.02 Å². The molecular formula is C11H13ClO3S. The maximum absolute atomic E-state index is 11.1. The minimum atomic E-state index is -0.237. The monoisotopic (exact) mass is 260 g/mol. The number of hydrogen-bond acceptors (Lipinski definition) is 4. The molecular weight excluding hydrogens is 248 g/mol. The first-order valence-electron chi connectivity index (χ1n) is 4.79. The Morgan fingerprint density at radius 2 is 2.25 bits per heavy atom. The van der Waals surface area contributed by atoms with Crippen molar-refractivity contribution in [2.45, 2.75) is 11.8 Å². The summed E-state index contributed by atoms with van der Waals surface area (Å²) in [4.78, 5) is 12.0. The normalized spacial score (nSPS) is 9.94. The van der Waals surface area contributed by atoms with Gasteiger partial charge in [0.25, 0.3) is 0 Å². The number of thioether (sulfide) groups is 1. The molecule has 0 aliphatic carbocycles. The van der Waals surface area contributed by atoms with Crippen LogP contribution >= 0.6 is 23.4 Å². The van der Waals surface area contributed by atoms with Gasteiger partial charge < -0.3 is 9.47 Å². The highest BCUT2D eigenvalue weighted by Gasteiger charge is 2.07. The zero-order valence-corrected chi connectivity index (χ0v) is 10.7. The highest BCUT2D eigenvalue weighted by atomic mass is 35.5. The van der Waals surface area contributed by atoms with Gasteiger partial charge in [0.15, 0.2) is 0 Å². The Kier molecular flexibility index (Phi) is 5.49. The van der Waals surface area contributed by atoms with Crippen LogP contribution in [0.3, 0.4) is 0 Å². The maximum atomic E-state index is 11.1. The van der Waals surface area contributed by atoms with Gasteiger partial charge in [-0.25, -0.2) is 0 Å². The molecule has 1 rings (SSSR count). The van der Waals surface area contributed by atoms with Crippen LogP contribution in [-0.2, 0) is 9.53 Å². The number of carbonyl (C=O) groups excluding carboxylic acids is 1. The third kappa shape index (κ3) is 3.94. The first-order chi connectivity index (χ1) is 7.67. The van der Waals surface area contributed by atoms with Gasteiger partial charge >= 0.3 is 5.97 Å². The van der Waals surface area contributed by atoms with E-state index in [4.69, 9.17) is 21.1 Å². The molecule has 5 heteroatoms. The van der Waals surface area contributed by atoms with Crippen LogP contribution in [0.4, 0.5) is 0 Å². The van der Waals surface area contributed by atoms with Crippen molar-refractivity contribution in [1.29, 1.82) is 0 Å². The topological polar surface area (TPSA) is 35.5 Å². The number of ether oxygens (including phenoxy) is 2. The standard InChI is InChI=1S/C11H13ClO3S/c1-3-15-11(13)7-16-10-5-4-8(14-2)6-9(10)12/h4-6H,3,7H2,1-2H3.